The SMILES string of the molecule is O=C1CS[C@@]2(C(=O)N(CN3CCOCC3)c3ccccc32)N1c1cccc(Cl)c1. The molecule has 6 nitrogen and oxygen atoms in total. The fraction of sp³-hybridized carbons (Fsp3) is 0.333. The average molecular weight is 430 g/mol. The van der Waals surface area contributed by atoms with E-state index >= 15 is 0 Å². The summed E-state index contributed by atoms with van der Waals surface area (Å²) in [4.78, 5) is 31.4. The van der Waals surface area contributed by atoms with Gasteiger partial charge < -0.3 is 4.74 Å². The van der Waals surface area contributed by atoms with E-state index in [0.717, 1.165) is 24.3 Å². The lowest BCUT2D eigenvalue weighted by Crippen LogP contribution is -2.52. The van der Waals surface area contributed by atoms with Crippen molar-refractivity contribution in [1.82, 2.24) is 4.90 Å². The van der Waals surface area contributed by atoms with E-state index in [1.165, 1.54) is 11.8 Å². The molecule has 2 amide bonds. The predicted octanol–water partition coefficient (Wildman–Crippen LogP) is 2.91. The molecule has 5 rings (SSSR count). The van der Waals surface area contributed by atoms with Crippen molar-refractivity contribution in [1.29, 1.82) is 0 Å². The molecule has 0 saturated carbocycles. The van der Waals surface area contributed by atoms with Crippen molar-refractivity contribution in [2.45, 2.75) is 4.87 Å². The smallest absolute Gasteiger partial charge is 0.269 e. The lowest BCUT2D eigenvalue weighted by molar-refractivity contribution is -0.124. The van der Waals surface area contributed by atoms with Crippen LogP contribution in [0, 0.1) is 0 Å². The number of halogens is 1. The van der Waals surface area contributed by atoms with Gasteiger partial charge in [-0.25, -0.2) is 0 Å². The Bertz CT molecular complexity index is 981. The number of carbonyl (C=O) groups is 2. The van der Waals surface area contributed by atoms with Gasteiger partial charge in [-0.2, -0.15) is 0 Å². The number of hydrogen-bond acceptors (Lipinski definition) is 5. The molecular weight excluding hydrogens is 410 g/mol. The molecular formula is C21H20ClN3O3S. The molecule has 0 bridgehead atoms. The summed E-state index contributed by atoms with van der Waals surface area (Å²) in [5.74, 6) is 0.0764. The predicted molar refractivity (Wildman–Crippen MR) is 114 cm³/mol. The molecule has 3 aliphatic rings. The van der Waals surface area contributed by atoms with E-state index in [1.807, 2.05) is 35.2 Å². The van der Waals surface area contributed by atoms with Crippen molar-refractivity contribution < 1.29 is 14.3 Å². The monoisotopic (exact) mass is 429 g/mol. The summed E-state index contributed by atoms with van der Waals surface area (Å²) >= 11 is 7.59. The highest BCUT2D eigenvalue weighted by Gasteiger charge is 2.61. The minimum atomic E-state index is -1.09. The van der Waals surface area contributed by atoms with Crippen LogP contribution in [-0.2, 0) is 19.2 Å². The van der Waals surface area contributed by atoms with Crippen molar-refractivity contribution in [2.24, 2.45) is 0 Å². The van der Waals surface area contributed by atoms with Crippen molar-refractivity contribution in [2.75, 3.05) is 48.5 Å². The molecule has 0 N–H and O–H groups in total. The van der Waals surface area contributed by atoms with E-state index in [4.69, 9.17) is 16.3 Å². The molecule has 0 radical (unpaired) electrons. The molecule has 8 heteroatoms. The zero-order valence-electron chi connectivity index (χ0n) is 15.7. The number of carbonyl (C=O) groups excluding carboxylic acids is 2. The van der Waals surface area contributed by atoms with Crippen molar-refractivity contribution >= 4 is 46.6 Å². The third-order valence-electron chi connectivity index (χ3n) is 5.58. The molecule has 0 unspecified atom stereocenters. The van der Waals surface area contributed by atoms with Crippen LogP contribution < -0.4 is 9.80 Å². The molecule has 2 aromatic rings. The summed E-state index contributed by atoms with van der Waals surface area (Å²) in [7, 11) is 0. The number of para-hydroxylation sites is 1. The minimum Gasteiger partial charge on any atom is -0.379 e. The van der Waals surface area contributed by atoms with Gasteiger partial charge in [0.2, 0.25) is 10.8 Å². The Morgan fingerprint density at radius 3 is 2.66 bits per heavy atom. The molecule has 1 spiro atoms. The zero-order chi connectivity index (χ0) is 20.0. The van der Waals surface area contributed by atoms with Gasteiger partial charge in [0, 0.05) is 29.4 Å². The van der Waals surface area contributed by atoms with E-state index < -0.39 is 4.87 Å². The summed E-state index contributed by atoms with van der Waals surface area (Å²) in [5, 5.41) is 0.534. The van der Waals surface area contributed by atoms with Gasteiger partial charge in [-0.1, -0.05) is 35.9 Å². The number of fused-ring (bicyclic) bond motifs is 2. The minimum absolute atomic E-state index is 0.0824. The van der Waals surface area contributed by atoms with E-state index in [2.05, 4.69) is 4.90 Å². The molecule has 2 saturated heterocycles. The van der Waals surface area contributed by atoms with Crippen LogP contribution in [0.4, 0.5) is 11.4 Å². The second-order valence-corrected chi connectivity index (χ2v) is 8.87. The first kappa shape index (κ1) is 18.9. The summed E-state index contributed by atoms with van der Waals surface area (Å²) < 4.78 is 5.44. The standard InChI is InChI=1S/C21H20ClN3O3S/c22-15-4-3-5-16(12-15)25-19(26)13-29-21(25)17-6-1-2-7-18(17)24(20(21)27)14-23-8-10-28-11-9-23/h1-7,12H,8-11,13-14H2/t21-/m0/s1. The number of hydrogen-bond donors (Lipinski definition) is 0. The Hall–Kier alpha value is -2.06. The first-order chi connectivity index (χ1) is 14.1. The normalized spacial score (nSPS) is 24.6. The van der Waals surface area contributed by atoms with Gasteiger partial charge in [-0.05, 0) is 24.3 Å². The van der Waals surface area contributed by atoms with Crippen LogP contribution in [0.5, 0.6) is 0 Å². The number of nitrogens with zero attached hydrogens (tertiary/aromatic N) is 3. The summed E-state index contributed by atoms with van der Waals surface area (Å²) in [6.45, 7) is 3.37. The van der Waals surface area contributed by atoms with E-state index in [0.29, 0.717) is 30.6 Å². The van der Waals surface area contributed by atoms with Gasteiger partial charge in [0.1, 0.15) is 0 Å². The molecule has 2 aromatic carbocycles. The molecule has 0 aromatic heterocycles. The highest BCUT2D eigenvalue weighted by Crippen LogP contribution is 2.55. The molecule has 150 valence electrons. The molecule has 3 aliphatic heterocycles. The third kappa shape index (κ3) is 2.95. The van der Waals surface area contributed by atoms with Crippen molar-refractivity contribution in [3.05, 3.63) is 59.1 Å². The summed E-state index contributed by atoms with van der Waals surface area (Å²) in [6, 6.07) is 14.9. The average Bonchev–Trinajstić information content (AvgIpc) is 3.20. The van der Waals surface area contributed by atoms with Gasteiger partial charge in [-0.15, -0.1) is 11.8 Å². The molecule has 29 heavy (non-hydrogen) atoms. The van der Waals surface area contributed by atoms with Gasteiger partial charge in [-0.3, -0.25) is 24.3 Å². The van der Waals surface area contributed by atoms with E-state index in [1.54, 1.807) is 23.1 Å². The quantitative estimate of drug-likeness (QED) is 0.751. The number of rotatable bonds is 3. The fourth-order valence-electron chi connectivity index (χ4n) is 4.25. The number of thioether (sulfide) groups is 1. The van der Waals surface area contributed by atoms with Gasteiger partial charge in [0.05, 0.1) is 31.3 Å². The Morgan fingerprint density at radius 1 is 1.07 bits per heavy atom. The number of ether oxygens (including phenoxy) is 1. The zero-order valence-corrected chi connectivity index (χ0v) is 17.3. The van der Waals surface area contributed by atoms with E-state index in [9.17, 15) is 9.59 Å². The Morgan fingerprint density at radius 2 is 1.86 bits per heavy atom. The van der Waals surface area contributed by atoms with Crippen molar-refractivity contribution in [3.63, 3.8) is 0 Å². The topological polar surface area (TPSA) is 53.1 Å². The lowest BCUT2D eigenvalue weighted by atomic mass is 10.0. The maximum Gasteiger partial charge on any atom is 0.269 e. The van der Waals surface area contributed by atoms with Crippen LogP contribution in [-0.4, -0.2) is 55.4 Å². The van der Waals surface area contributed by atoms with Crippen LogP contribution in [0.15, 0.2) is 48.5 Å². The molecule has 0 aliphatic carbocycles. The van der Waals surface area contributed by atoms with Crippen LogP contribution in [0.2, 0.25) is 5.02 Å². The van der Waals surface area contributed by atoms with Gasteiger partial charge >= 0.3 is 0 Å². The second kappa shape index (κ2) is 7.32. The van der Waals surface area contributed by atoms with Crippen LogP contribution in [0.1, 0.15) is 5.56 Å². The Balaban J connectivity index is 1.60. The number of amides is 2. The van der Waals surface area contributed by atoms with E-state index in [-0.39, 0.29) is 17.6 Å². The molecule has 2 fully saturated rings. The number of anilines is 2. The maximum atomic E-state index is 13.9. The largest absolute Gasteiger partial charge is 0.379 e. The number of morpholine rings is 1. The summed E-state index contributed by atoms with van der Waals surface area (Å²) in [5.41, 5.74) is 2.36. The molecule has 1 atom stereocenters. The first-order valence-electron chi connectivity index (χ1n) is 9.55. The second-order valence-electron chi connectivity index (χ2n) is 7.26. The van der Waals surface area contributed by atoms with Gasteiger partial charge in [0.25, 0.3) is 5.91 Å². The molecule has 3 heterocycles. The van der Waals surface area contributed by atoms with Crippen LogP contribution in [0.3, 0.4) is 0 Å². The first-order valence-corrected chi connectivity index (χ1v) is 10.9. The summed E-state index contributed by atoms with van der Waals surface area (Å²) in [6.07, 6.45) is 0. The number of benzene rings is 2. The highest BCUT2D eigenvalue weighted by atomic mass is 35.5. The van der Waals surface area contributed by atoms with Crippen LogP contribution >= 0.6 is 23.4 Å². The Labute approximate surface area is 178 Å². The third-order valence-corrected chi connectivity index (χ3v) is 7.20. The van der Waals surface area contributed by atoms with Crippen LogP contribution in [0.25, 0.3) is 0 Å². The fourth-order valence-corrected chi connectivity index (χ4v) is 5.80. The lowest BCUT2D eigenvalue weighted by Gasteiger charge is -2.35. The van der Waals surface area contributed by atoms with Crippen molar-refractivity contribution in [3.8, 4) is 0 Å². The Kier molecular flexibility index (Phi) is 4.78. The highest BCUT2D eigenvalue weighted by molar-refractivity contribution is 8.02. The maximum absolute atomic E-state index is 13.9. The van der Waals surface area contributed by atoms with Gasteiger partial charge in [0.15, 0.2) is 0 Å².